The molecule has 3 heterocycles. The van der Waals surface area contributed by atoms with Crippen LogP contribution in [0.25, 0.3) is 10.4 Å². The van der Waals surface area contributed by atoms with E-state index in [2.05, 4.69) is 10.0 Å². The average molecular weight is 648 g/mol. The molecular formula is C24H33N5O12S2. The fraction of sp³-hybridized carbons (Fsp3) is 0.750. The number of carbonyl (C=O) groups is 6. The number of imide groups is 2. The normalized spacial score (nSPS) is 25.4. The van der Waals surface area contributed by atoms with E-state index in [1.54, 1.807) is 6.92 Å². The molecule has 0 aromatic carbocycles. The number of hydroxylamine groups is 4. The summed E-state index contributed by atoms with van der Waals surface area (Å²) >= 11 is 0. The zero-order chi connectivity index (χ0) is 31.6. The van der Waals surface area contributed by atoms with Crippen LogP contribution in [0.5, 0.6) is 0 Å². The van der Waals surface area contributed by atoms with Crippen molar-refractivity contribution in [1.29, 1.82) is 0 Å². The van der Waals surface area contributed by atoms with Crippen molar-refractivity contribution < 1.29 is 56.3 Å². The molecule has 238 valence electrons. The van der Waals surface area contributed by atoms with Gasteiger partial charge in [-0.3, -0.25) is 27.6 Å². The first-order chi connectivity index (χ1) is 20.3. The molecule has 0 aromatic heterocycles. The smallest absolute Gasteiger partial charge is 0.334 e. The summed E-state index contributed by atoms with van der Waals surface area (Å²) in [5.74, 6) is -5.97. The standard InChI is InChI=1S/C24H33N5O12S2/c1-23(9-2-10-26-27-25)38-13-24(14-39-23,15-42(36)11-7-21(34)40-28-17(30)3-4-18(28)31)16-43(37)12-8-22(35)41-29-19(32)5-6-20(29)33/h2-16H2,1H3. The van der Waals surface area contributed by atoms with Crippen molar-refractivity contribution in [3.63, 3.8) is 0 Å². The van der Waals surface area contributed by atoms with Gasteiger partial charge in [0.15, 0.2) is 5.79 Å². The number of ether oxygens (including phenoxy) is 2. The minimum absolute atomic E-state index is 0.0229. The molecule has 2 unspecified atom stereocenters. The topological polar surface area (TPSA) is 229 Å². The van der Waals surface area contributed by atoms with Gasteiger partial charge < -0.3 is 19.1 Å². The van der Waals surface area contributed by atoms with Gasteiger partial charge in [-0.05, 0) is 18.9 Å². The number of rotatable bonds is 16. The molecule has 19 heteroatoms. The quantitative estimate of drug-likeness (QED) is 0.0725. The summed E-state index contributed by atoms with van der Waals surface area (Å²) in [6.45, 7) is 1.87. The summed E-state index contributed by atoms with van der Waals surface area (Å²) in [5, 5.41) is 4.29. The maximum Gasteiger partial charge on any atom is 0.334 e. The second-order valence-corrected chi connectivity index (χ2v) is 13.6. The summed E-state index contributed by atoms with van der Waals surface area (Å²) in [6.07, 6.45) is -0.109. The third-order valence-corrected chi connectivity index (χ3v) is 9.91. The molecule has 4 amide bonds. The van der Waals surface area contributed by atoms with Crippen LogP contribution in [0.15, 0.2) is 5.11 Å². The van der Waals surface area contributed by atoms with Crippen LogP contribution in [0.4, 0.5) is 0 Å². The van der Waals surface area contributed by atoms with Crippen LogP contribution >= 0.6 is 0 Å². The van der Waals surface area contributed by atoms with E-state index in [1.165, 1.54) is 0 Å². The zero-order valence-electron chi connectivity index (χ0n) is 23.6. The van der Waals surface area contributed by atoms with Gasteiger partial charge in [-0.2, -0.15) is 0 Å². The first-order valence-corrected chi connectivity index (χ1v) is 16.4. The summed E-state index contributed by atoms with van der Waals surface area (Å²) in [4.78, 5) is 83.3. The SMILES string of the molecule is CC1(CCCN=[N+]=[N-])OCC(CS(=O)CCC(=O)ON2C(=O)CCC2=O)(CS(=O)CCC(=O)ON2C(=O)CCC2=O)CO1. The molecule has 2 atom stereocenters. The highest BCUT2D eigenvalue weighted by Gasteiger charge is 2.44. The molecule has 0 saturated carbocycles. The highest BCUT2D eigenvalue weighted by molar-refractivity contribution is 7.86. The van der Waals surface area contributed by atoms with Gasteiger partial charge >= 0.3 is 11.9 Å². The van der Waals surface area contributed by atoms with Crippen LogP contribution < -0.4 is 0 Å². The van der Waals surface area contributed by atoms with Crippen LogP contribution in [0.1, 0.15) is 58.3 Å². The first-order valence-electron chi connectivity index (χ1n) is 13.5. The molecule has 3 aliphatic rings. The molecule has 0 bridgehead atoms. The Morgan fingerprint density at radius 3 is 1.67 bits per heavy atom. The van der Waals surface area contributed by atoms with E-state index in [1.807, 2.05) is 0 Å². The summed E-state index contributed by atoms with van der Waals surface area (Å²) in [6, 6.07) is 0. The lowest BCUT2D eigenvalue weighted by atomic mass is 9.93. The largest absolute Gasteiger partial charge is 0.349 e. The Labute approximate surface area is 251 Å². The van der Waals surface area contributed by atoms with Gasteiger partial charge in [-0.25, -0.2) is 9.59 Å². The van der Waals surface area contributed by atoms with Crippen molar-refractivity contribution in [3.8, 4) is 0 Å². The molecular weight excluding hydrogens is 614 g/mol. The summed E-state index contributed by atoms with van der Waals surface area (Å²) in [5.41, 5.74) is 7.42. The van der Waals surface area contributed by atoms with E-state index in [4.69, 9.17) is 24.7 Å². The highest BCUT2D eigenvalue weighted by Crippen LogP contribution is 2.34. The Bertz CT molecular complexity index is 1130. The maximum atomic E-state index is 13.1. The lowest BCUT2D eigenvalue weighted by Gasteiger charge is -2.44. The third kappa shape index (κ3) is 10.2. The Hall–Kier alpha value is -3.25. The van der Waals surface area contributed by atoms with Crippen molar-refractivity contribution in [2.24, 2.45) is 10.5 Å². The van der Waals surface area contributed by atoms with Crippen LogP contribution in [0.2, 0.25) is 0 Å². The lowest BCUT2D eigenvalue weighted by Crippen LogP contribution is -2.53. The second-order valence-electron chi connectivity index (χ2n) is 10.4. The van der Waals surface area contributed by atoms with Crippen LogP contribution in [-0.2, 0) is 69.5 Å². The van der Waals surface area contributed by atoms with Gasteiger partial charge in [0.2, 0.25) is 0 Å². The lowest BCUT2D eigenvalue weighted by molar-refractivity contribution is -0.290. The van der Waals surface area contributed by atoms with Crippen LogP contribution in [-0.4, -0.2) is 103 Å². The van der Waals surface area contributed by atoms with E-state index in [-0.39, 0.29) is 81.3 Å². The predicted octanol–water partition coefficient (Wildman–Crippen LogP) is 0.318. The Kier molecular flexibility index (Phi) is 12.3. The molecule has 3 saturated heterocycles. The van der Waals surface area contributed by atoms with Gasteiger partial charge in [-0.15, -0.1) is 10.1 Å². The molecule has 0 aliphatic carbocycles. The molecule has 3 rings (SSSR count). The predicted molar refractivity (Wildman–Crippen MR) is 145 cm³/mol. The summed E-state index contributed by atoms with van der Waals surface area (Å²) in [7, 11) is -3.37. The monoisotopic (exact) mass is 647 g/mol. The van der Waals surface area contributed by atoms with Crippen molar-refractivity contribution >= 4 is 57.2 Å². The minimum Gasteiger partial charge on any atom is -0.349 e. The van der Waals surface area contributed by atoms with Crippen molar-refractivity contribution in [2.75, 3.05) is 42.8 Å². The van der Waals surface area contributed by atoms with E-state index in [0.717, 1.165) is 0 Å². The number of hydrogen-bond acceptors (Lipinski definition) is 13. The average Bonchev–Trinajstić information content (AvgIpc) is 3.45. The van der Waals surface area contributed by atoms with E-state index < -0.39 is 68.4 Å². The molecule has 43 heavy (non-hydrogen) atoms. The van der Waals surface area contributed by atoms with Crippen LogP contribution in [0, 0.1) is 5.41 Å². The van der Waals surface area contributed by atoms with Crippen molar-refractivity contribution in [3.05, 3.63) is 10.4 Å². The van der Waals surface area contributed by atoms with Crippen LogP contribution in [0.3, 0.4) is 0 Å². The van der Waals surface area contributed by atoms with Crippen molar-refractivity contribution in [2.45, 2.75) is 64.1 Å². The molecule has 3 aliphatic heterocycles. The molecule has 3 fully saturated rings. The Morgan fingerprint density at radius 2 is 1.28 bits per heavy atom. The molecule has 17 nitrogen and oxygen atoms in total. The van der Waals surface area contributed by atoms with Gasteiger partial charge in [-0.1, -0.05) is 5.11 Å². The third-order valence-electron chi connectivity index (χ3n) is 6.72. The van der Waals surface area contributed by atoms with E-state index in [9.17, 15) is 37.2 Å². The van der Waals surface area contributed by atoms with Gasteiger partial charge in [0, 0.05) is 93.6 Å². The second kappa shape index (κ2) is 15.5. The maximum absolute atomic E-state index is 13.1. The number of amides is 4. The fourth-order valence-corrected chi connectivity index (χ4v) is 7.51. The number of nitrogens with zero attached hydrogens (tertiary/aromatic N) is 5. The molecule has 0 N–H and O–H groups in total. The zero-order valence-corrected chi connectivity index (χ0v) is 25.2. The fourth-order valence-electron chi connectivity index (χ4n) is 4.40. The Morgan fingerprint density at radius 1 is 0.860 bits per heavy atom. The number of hydrogen-bond donors (Lipinski definition) is 0. The number of carbonyl (C=O) groups excluding carboxylic acids is 6. The summed E-state index contributed by atoms with van der Waals surface area (Å²) < 4.78 is 38.0. The van der Waals surface area contributed by atoms with E-state index in [0.29, 0.717) is 23.0 Å². The van der Waals surface area contributed by atoms with Crippen molar-refractivity contribution in [1.82, 2.24) is 10.1 Å². The van der Waals surface area contributed by atoms with E-state index >= 15 is 0 Å². The first kappa shape index (κ1) is 34.2. The minimum atomic E-state index is -1.68. The van der Waals surface area contributed by atoms with Gasteiger partial charge in [0.05, 0.1) is 26.1 Å². The molecule has 0 spiro atoms. The van der Waals surface area contributed by atoms with Gasteiger partial charge in [0.25, 0.3) is 23.6 Å². The Balaban J connectivity index is 1.57. The number of azide groups is 1. The molecule has 0 radical (unpaired) electrons. The highest BCUT2D eigenvalue weighted by atomic mass is 32.2. The van der Waals surface area contributed by atoms with Gasteiger partial charge in [0.1, 0.15) is 0 Å². The molecule has 0 aromatic rings.